The van der Waals surface area contributed by atoms with E-state index in [4.69, 9.17) is 9.47 Å². The molecule has 4 aromatic rings. The van der Waals surface area contributed by atoms with Gasteiger partial charge in [0.1, 0.15) is 28.7 Å². The predicted octanol–water partition coefficient (Wildman–Crippen LogP) is 6.22. The van der Waals surface area contributed by atoms with Gasteiger partial charge in [-0.1, -0.05) is 37.6 Å². The first kappa shape index (κ1) is 32.5. The molecule has 10 nitrogen and oxygen atoms in total. The second-order valence-electron chi connectivity index (χ2n) is 13.8. The number of allylic oxidation sites excluding steroid dienone is 3. The summed E-state index contributed by atoms with van der Waals surface area (Å²) in [5, 5.41) is 28.0. The lowest BCUT2D eigenvalue weighted by Crippen LogP contribution is -2.67. The van der Waals surface area contributed by atoms with Crippen LogP contribution in [0.1, 0.15) is 77.1 Å². The molecule has 0 bridgehead atoms. The van der Waals surface area contributed by atoms with Crippen LogP contribution in [-0.4, -0.2) is 45.6 Å². The average Bonchev–Trinajstić information content (AvgIpc) is 3.43. The zero-order valence-corrected chi connectivity index (χ0v) is 28.6. The Bertz CT molecular complexity index is 2320. The molecule has 1 aliphatic carbocycles. The Hall–Kier alpha value is -6.03. The fraction of sp³-hybridized carbons (Fsp3) is 0.225. The number of aromatic amines is 1. The Kier molecular flexibility index (Phi) is 7.33. The van der Waals surface area contributed by atoms with Gasteiger partial charge < -0.3 is 35.3 Å². The number of carbonyl (C=O) groups excluding carboxylic acids is 3. The summed E-state index contributed by atoms with van der Waals surface area (Å²) in [5.41, 5.74) is 3.48. The van der Waals surface area contributed by atoms with Gasteiger partial charge in [-0.25, -0.2) is 0 Å². The van der Waals surface area contributed by atoms with E-state index < -0.39 is 28.7 Å². The third kappa shape index (κ3) is 4.89. The minimum atomic E-state index is -2.03. The summed E-state index contributed by atoms with van der Waals surface area (Å²) >= 11 is 0. The molecule has 3 aliphatic rings. The van der Waals surface area contributed by atoms with Crippen molar-refractivity contribution in [3.63, 3.8) is 0 Å². The second kappa shape index (κ2) is 11.3. The zero-order valence-electron chi connectivity index (χ0n) is 28.6. The van der Waals surface area contributed by atoms with Gasteiger partial charge >= 0.3 is 0 Å². The Labute approximate surface area is 288 Å². The first-order valence-electron chi connectivity index (χ1n) is 16.2. The summed E-state index contributed by atoms with van der Waals surface area (Å²) in [6.45, 7) is 13.8. The number of rotatable bonds is 6. The van der Waals surface area contributed by atoms with E-state index in [0.717, 1.165) is 34.1 Å². The molecule has 1 fully saturated rings. The lowest BCUT2D eigenvalue weighted by Gasteiger charge is -2.41. The topological polar surface area (TPSA) is 150 Å². The van der Waals surface area contributed by atoms with Crippen molar-refractivity contribution >= 4 is 40.1 Å². The van der Waals surface area contributed by atoms with Gasteiger partial charge in [0.15, 0.2) is 0 Å². The van der Waals surface area contributed by atoms with Crippen molar-refractivity contribution in [3.8, 4) is 23.0 Å². The molecule has 5 N–H and O–H groups in total. The summed E-state index contributed by atoms with van der Waals surface area (Å²) in [5.74, 6) is -2.07. The molecule has 254 valence electrons. The molecular weight excluding hydrogens is 634 g/mol. The monoisotopic (exact) mass is 671 g/mol. The Morgan fingerprint density at radius 1 is 1.06 bits per heavy atom. The number of fused-ring (bicyclic) bond motifs is 3. The molecule has 1 spiro atoms. The van der Waals surface area contributed by atoms with E-state index in [2.05, 4.69) is 54.3 Å². The van der Waals surface area contributed by atoms with Gasteiger partial charge in [-0.15, -0.1) is 6.58 Å². The number of hydrogen-bond donors (Lipinski definition) is 5. The van der Waals surface area contributed by atoms with Gasteiger partial charge in [0.2, 0.25) is 5.78 Å². The molecule has 1 saturated heterocycles. The number of aromatic hydroxyl groups is 2. The number of H-pyrrole nitrogens is 1. The maximum atomic E-state index is 14.2. The number of phenolic OH excluding ortho intramolecular Hbond substituents is 2. The van der Waals surface area contributed by atoms with Crippen LogP contribution in [0.4, 0.5) is 0 Å². The number of phenols is 2. The van der Waals surface area contributed by atoms with Crippen molar-refractivity contribution in [2.75, 3.05) is 7.11 Å². The molecule has 0 saturated carbocycles. The lowest BCUT2D eigenvalue weighted by molar-refractivity contribution is -0.144. The standard InChI is InChI=1S/C40H37N3O7/c1-8-39(5,6)36-25(23-14-21(10-9-19(2)3)11-12-27(23)41-36)17-28-37(47)43-40(38(48)42-28)18-26-24-15-22(44)16-30(49-7)31(24)34(46)33-29(45)13-20(4)35(50-40)32(26)33/h8-9,11-18,41,44-45H,1,10H2,2-7H3,(H,42,48)(H,43,47). The van der Waals surface area contributed by atoms with E-state index in [1.165, 1.54) is 37.0 Å². The number of benzene rings is 3. The molecule has 1 aromatic heterocycles. The van der Waals surface area contributed by atoms with Crippen LogP contribution < -0.4 is 20.1 Å². The van der Waals surface area contributed by atoms with Crippen LogP contribution in [0.25, 0.3) is 22.6 Å². The van der Waals surface area contributed by atoms with Crippen molar-refractivity contribution in [1.82, 2.24) is 15.6 Å². The van der Waals surface area contributed by atoms with E-state index in [1.807, 2.05) is 26.0 Å². The van der Waals surface area contributed by atoms with Gasteiger partial charge in [0.25, 0.3) is 17.5 Å². The summed E-state index contributed by atoms with van der Waals surface area (Å²) in [6, 6.07) is 10.2. The second-order valence-corrected chi connectivity index (χ2v) is 13.8. The summed E-state index contributed by atoms with van der Waals surface area (Å²) in [4.78, 5) is 45.5. The van der Waals surface area contributed by atoms with Crippen molar-refractivity contribution in [2.45, 2.75) is 52.2 Å². The zero-order chi connectivity index (χ0) is 35.9. The maximum absolute atomic E-state index is 14.2. The van der Waals surface area contributed by atoms with Gasteiger partial charge in [-0.2, -0.15) is 0 Å². The number of aromatic nitrogens is 1. The highest BCUT2D eigenvalue weighted by molar-refractivity contribution is 6.23. The predicted molar refractivity (Wildman–Crippen MR) is 190 cm³/mol. The van der Waals surface area contributed by atoms with Gasteiger partial charge in [-0.05, 0) is 80.3 Å². The number of nitrogens with one attached hydrogen (secondary N) is 3. The first-order valence-corrected chi connectivity index (χ1v) is 16.2. The molecule has 10 heteroatoms. The molecule has 3 aromatic carbocycles. The highest BCUT2D eigenvalue weighted by Gasteiger charge is 2.51. The fourth-order valence-electron chi connectivity index (χ4n) is 6.86. The van der Waals surface area contributed by atoms with Crippen molar-refractivity contribution in [2.24, 2.45) is 0 Å². The van der Waals surface area contributed by atoms with Crippen LogP contribution in [-0.2, 0) is 21.4 Å². The molecule has 3 heterocycles. The Morgan fingerprint density at radius 2 is 1.82 bits per heavy atom. The number of aryl methyl sites for hydroxylation is 1. The fourth-order valence-corrected chi connectivity index (χ4v) is 6.86. The average molecular weight is 672 g/mol. The molecule has 7 rings (SSSR count). The highest BCUT2D eigenvalue weighted by atomic mass is 16.5. The van der Waals surface area contributed by atoms with Gasteiger partial charge in [0.05, 0.1) is 18.2 Å². The summed E-state index contributed by atoms with van der Waals surface area (Å²) in [7, 11) is 1.36. The van der Waals surface area contributed by atoms with E-state index in [1.54, 1.807) is 13.0 Å². The van der Waals surface area contributed by atoms with E-state index in [0.29, 0.717) is 11.1 Å². The molecular formula is C40H37N3O7. The summed E-state index contributed by atoms with van der Waals surface area (Å²) < 4.78 is 11.7. The molecule has 2 amide bonds. The van der Waals surface area contributed by atoms with Crippen LogP contribution in [0, 0.1) is 6.92 Å². The smallest absolute Gasteiger partial charge is 0.294 e. The van der Waals surface area contributed by atoms with Crippen molar-refractivity contribution in [1.29, 1.82) is 0 Å². The minimum Gasteiger partial charge on any atom is -0.508 e. The molecule has 1 unspecified atom stereocenters. The minimum absolute atomic E-state index is 0.00629. The summed E-state index contributed by atoms with van der Waals surface area (Å²) in [6.07, 6.45) is 7.78. The molecule has 1 atom stereocenters. The van der Waals surface area contributed by atoms with Crippen LogP contribution >= 0.6 is 0 Å². The van der Waals surface area contributed by atoms with Gasteiger partial charge in [0, 0.05) is 44.8 Å². The highest BCUT2D eigenvalue weighted by Crippen LogP contribution is 2.52. The number of hydrogen-bond acceptors (Lipinski definition) is 7. The van der Waals surface area contributed by atoms with Crippen molar-refractivity contribution in [3.05, 3.63) is 117 Å². The molecule has 50 heavy (non-hydrogen) atoms. The van der Waals surface area contributed by atoms with E-state index in [-0.39, 0.29) is 50.9 Å². The third-order valence-corrected chi connectivity index (χ3v) is 9.60. The molecule has 0 radical (unpaired) electrons. The van der Waals surface area contributed by atoms with Crippen LogP contribution in [0.2, 0.25) is 0 Å². The first-order chi connectivity index (χ1) is 23.7. The largest absolute Gasteiger partial charge is 0.508 e. The number of piperazine rings is 1. The van der Waals surface area contributed by atoms with Crippen LogP contribution in [0.5, 0.6) is 23.0 Å². The van der Waals surface area contributed by atoms with Crippen molar-refractivity contribution < 1.29 is 34.1 Å². The third-order valence-electron chi connectivity index (χ3n) is 9.60. The normalized spacial score (nSPS) is 18.6. The number of methoxy groups -OCH3 is 1. The van der Waals surface area contributed by atoms with Crippen LogP contribution in [0.3, 0.4) is 0 Å². The number of ketones is 1. The van der Waals surface area contributed by atoms with Crippen LogP contribution in [0.15, 0.2) is 72.5 Å². The number of carbonyl (C=O) groups is 3. The van der Waals surface area contributed by atoms with E-state index >= 15 is 0 Å². The SMILES string of the molecule is C=CC(C)(C)c1[nH]c2ccc(CC=C(C)C)cc2c1C=C1NC(=O)C2(C=C3c4cc(O)cc(OC)c4C(=O)c4c(O)cc(C)c(c43)O2)NC1=O. The molecule has 2 aliphatic heterocycles. The van der Waals surface area contributed by atoms with E-state index in [9.17, 15) is 24.6 Å². The number of ether oxygens (including phenoxy) is 2. The van der Waals surface area contributed by atoms with Gasteiger partial charge in [-0.3, -0.25) is 14.4 Å². The Balaban J connectivity index is 1.37. The number of amides is 2. The lowest BCUT2D eigenvalue weighted by atomic mass is 9.76. The quantitative estimate of drug-likeness (QED) is 0.106. The Morgan fingerprint density at radius 3 is 2.52 bits per heavy atom. The maximum Gasteiger partial charge on any atom is 0.294 e.